The Hall–Kier alpha value is -2.24. The molecule has 2 aromatic rings. The minimum atomic E-state index is -0.570. The molecule has 0 saturated carbocycles. The number of para-hydroxylation sites is 1. The number of benzene rings is 2. The van der Waals surface area contributed by atoms with Crippen LogP contribution in [0.4, 0.5) is 0 Å². The molecule has 0 heterocycles. The second-order valence-electron chi connectivity index (χ2n) is 4.78. The lowest BCUT2D eigenvalue weighted by molar-refractivity contribution is -0.143. The Bertz CT molecular complexity index is 749. The maximum Gasteiger partial charge on any atom is 0.325 e. The summed E-state index contributed by atoms with van der Waals surface area (Å²) in [6.07, 6.45) is 0. The third-order valence-corrected chi connectivity index (χ3v) is 3.70. The van der Waals surface area contributed by atoms with Crippen molar-refractivity contribution in [3.8, 4) is 5.75 Å². The number of carbonyl (C=O) groups excluding carboxylic acids is 2. The Morgan fingerprint density at radius 1 is 1.12 bits per heavy atom. The molecule has 0 aromatic heterocycles. The van der Waals surface area contributed by atoms with Gasteiger partial charge in [-0.15, -0.1) is 0 Å². The molecule has 0 bridgehead atoms. The van der Waals surface area contributed by atoms with Crippen molar-refractivity contribution in [3.05, 3.63) is 63.6 Å². The van der Waals surface area contributed by atoms with Gasteiger partial charge in [-0.1, -0.05) is 41.4 Å². The number of carbonyl (C=O) groups is 2. The molecule has 0 atom stereocenters. The lowest BCUT2D eigenvalue weighted by Gasteiger charge is -2.10. The summed E-state index contributed by atoms with van der Waals surface area (Å²) < 4.78 is 10.3. The number of hydrogen-bond acceptors (Lipinski definition) is 4. The van der Waals surface area contributed by atoms with E-state index in [1.54, 1.807) is 18.2 Å². The molecule has 2 aromatic carbocycles. The molecule has 2 rings (SSSR count). The van der Waals surface area contributed by atoms with E-state index < -0.39 is 11.9 Å². The number of nitrogens with one attached hydrogen (secondary N) is 1. The Morgan fingerprint density at radius 3 is 2.58 bits per heavy atom. The Morgan fingerprint density at radius 2 is 1.88 bits per heavy atom. The van der Waals surface area contributed by atoms with E-state index in [-0.39, 0.29) is 23.7 Å². The molecule has 0 aliphatic carbocycles. The number of rotatable bonds is 6. The van der Waals surface area contributed by atoms with Gasteiger partial charge in [0.25, 0.3) is 5.91 Å². The molecule has 126 valence electrons. The second kappa shape index (κ2) is 8.57. The monoisotopic (exact) mass is 367 g/mol. The average Bonchev–Trinajstić information content (AvgIpc) is 2.58. The number of amides is 1. The molecule has 1 amide bonds. The van der Waals surface area contributed by atoms with E-state index in [2.05, 4.69) is 5.32 Å². The number of ether oxygens (including phenoxy) is 2. The van der Waals surface area contributed by atoms with Gasteiger partial charge in [0.05, 0.1) is 17.7 Å². The van der Waals surface area contributed by atoms with Crippen molar-refractivity contribution >= 4 is 35.1 Å². The zero-order chi connectivity index (χ0) is 17.5. The molecule has 0 saturated heterocycles. The average molecular weight is 368 g/mol. The fraction of sp³-hybridized carbons (Fsp3) is 0.176. The van der Waals surface area contributed by atoms with Crippen LogP contribution < -0.4 is 10.1 Å². The molecular weight excluding hydrogens is 353 g/mol. The Kier molecular flexibility index (Phi) is 6.46. The van der Waals surface area contributed by atoms with Gasteiger partial charge in [-0.3, -0.25) is 9.59 Å². The Labute approximate surface area is 149 Å². The summed E-state index contributed by atoms with van der Waals surface area (Å²) in [5.41, 5.74) is 0.971. The molecule has 0 unspecified atom stereocenters. The SMILES string of the molecule is COc1ccccc1COC(=O)CNC(=O)c1ccc(Cl)cc1Cl. The normalized spacial score (nSPS) is 10.1. The first-order chi connectivity index (χ1) is 11.5. The highest BCUT2D eigenvalue weighted by Gasteiger charge is 2.13. The number of esters is 1. The van der Waals surface area contributed by atoms with Gasteiger partial charge in [0.2, 0.25) is 0 Å². The highest BCUT2D eigenvalue weighted by atomic mass is 35.5. The maximum atomic E-state index is 12.0. The maximum absolute atomic E-state index is 12.0. The highest BCUT2D eigenvalue weighted by molar-refractivity contribution is 6.36. The van der Waals surface area contributed by atoms with Gasteiger partial charge in [-0.25, -0.2) is 0 Å². The first kappa shape index (κ1) is 18.1. The third kappa shape index (κ3) is 4.88. The predicted molar refractivity (Wildman–Crippen MR) is 91.6 cm³/mol. The molecule has 24 heavy (non-hydrogen) atoms. The van der Waals surface area contributed by atoms with E-state index >= 15 is 0 Å². The fourth-order valence-corrected chi connectivity index (χ4v) is 2.45. The third-order valence-electron chi connectivity index (χ3n) is 3.15. The minimum Gasteiger partial charge on any atom is -0.496 e. The van der Waals surface area contributed by atoms with E-state index in [0.29, 0.717) is 10.8 Å². The predicted octanol–water partition coefficient (Wildman–Crippen LogP) is 3.48. The molecule has 0 fully saturated rings. The summed E-state index contributed by atoms with van der Waals surface area (Å²) in [5, 5.41) is 3.09. The second-order valence-corrected chi connectivity index (χ2v) is 5.62. The van der Waals surface area contributed by atoms with Gasteiger partial charge in [-0.05, 0) is 24.3 Å². The topological polar surface area (TPSA) is 64.6 Å². The zero-order valence-corrected chi connectivity index (χ0v) is 14.4. The summed E-state index contributed by atoms with van der Waals surface area (Å²) >= 11 is 11.7. The summed E-state index contributed by atoms with van der Waals surface area (Å²) in [6.45, 7) is -0.215. The largest absolute Gasteiger partial charge is 0.496 e. The van der Waals surface area contributed by atoms with Crippen LogP contribution in [0.5, 0.6) is 5.75 Å². The van der Waals surface area contributed by atoms with Gasteiger partial charge >= 0.3 is 5.97 Å². The van der Waals surface area contributed by atoms with E-state index in [9.17, 15) is 9.59 Å². The molecular formula is C17H15Cl2NO4. The minimum absolute atomic E-state index is 0.0560. The number of halogens is 2. The molecule has 0 aliphatic heterocycles. The molecule has 0 aliphatic rings. The van der Waals surface area contributed by atoms with Crippen LogP contribution in [-0.2, 0) is 16.1 Å². The van der Waals surface area contributed by atoms with E-state index in [0.717, 1.165) is 5.56 Å². The van der Waals surface area contributed by atoms with E-state index in [1.807, 2.05) is 12.1 Å². The van der Waals surface area contributed by atoms with Gasteiger partial charge < -0.3 is 14.8 Å². The summed E-state index contributed by atoms with van der Waals surface area (Å²) in [7, 11) is 1.54. The van der Waals surface area contributed by atoms with Crippen LogP contribution in [0.15, 0.2) is 42.5 Å². The van der Waals surface area contributed by atoms with Crippen LogP contribution in [0.1, 0.15) is 15.9 Å². The number of methoxy groups -OCH3 is 1. The van der Waals surface area contributed by atoms with Crippen LogP contribution in [0.2, 0.25) is 10.0 Å². The van der Waals surface area contributed by atoms with Gasteiger partial charge in [0.1, 0.15) is 18.9 Å². The fourth-order valence-electron chi connectivity index (χ4n) is 1.95. The lowest BCUT2D eigenvalue weighted by atomic mass is 10.2. The lowest BCUT2D eigenvalue weighted by Crippen LogP contribution is -2.30. The van der Waals surface area contributed by atoms with Gasteiger partial charge in [0, 0.05) is 10.6 Å². The van der Waals surface area contributed by atoms with Crippen molar-refractivity contribution in [2.75, 3.05) is 13.7 Å². The van der Waals surface area contributed by atoms with Crippen molar-refractivity contribution in [1.29, 1.82) is 0 Å². The quantitative estimate of drug-likeness (QED) is 0.793. The van der Waals surface area contributed by atoms with Gasteiger partial charge in [0.15, 0.2) is 0 Å². The molecule has 5 nitrogen and oxygen atoms in total. The Balaban J connectivity index is 1.85. The smallest absolute Gasteiger partial charge is 0.325 e. The van der Waals surface area contributed by atoms with Crippen LogP contribution in [0.25, 0.3) is 0 Å². The molecule has 1 N–H and O–H groups in total. The first-order valence-corrected chi connectivity index (χ1v) is 7.77. The zero-order valence-electron chi connectivity index (χ0n) is 12.8. The van der Waals surface area contributed by atoms with Crippen LogP contribution in [0.3, 0.4) is 0 Å². The van der Waals surface area contributed by atoms with E-state index in [1.165, 1.54) is 19.2 Å². The van der Waals surface area contributed by atoms with Crippen LogP contribution in [-0.4, -0.2) is 25.5 Å². The van der Waals surface area contributed by atoms with E-state index in [4.69, 9.17) is 32.7 Å². The van der Waals surface area contributed by atoms with Crippen molar-refractivity contribution < 1.29 is 19.1 Å². The first-order valence-electron chi connectivity index (χ1n) is 7.02. The van der Waals surface area contributed by atoms with Crippen molar-refractivity contribution in [2.45, 2.75) is 6.61 Å². The standard InChI is InChI=1S/C17H15Cl2NO4/c1-23-15-5-3-2-4-11(15)10-24-16(21)9-20-17(22)13-7-6-12(18)8-14(13)19/h2-8H,9-10H2,1H3,(H,20,22). The molecule has 7 heteroatoms. The molecule has 0 radical (unpaired) electrons. The van der Waals surface area contributed by atoms with Crippen molar-refractivity contribution in [1.82, 2.24) is 5.32 Å². The summed E-state index contributed by atoms with van der Waals surface area (Å²) in [6, 6.07) is 11.7. The van der Waals surface area contributed by atoms with Crippen molar-refractivity contribution in [3.63, 3.8) is 0 Å². The van der Waals surface area contributed by atoms with Crippen LogP contribution >= 0.6 is 23.2 Å². The number of hydrogen-bond donors (Lipinski definition) is 1. The summed E-state index contributed by atoms with van der Waals surface area (Å²) in [5.74, 6) is -0.424. The van der Waals surface area contributed by atoms with Crippen molar-refractivity contribution in [2.24, 2.45) is 0 Å². The summed E-state index contributed by atoms with van der Waals surface area (Å²) in [4.78, 5) is 23.7. The molecule has 0 spiro atoms. The van der Waals surface area contributed by atoms with Gasteiger partial charge in [-0.2, -0.15) is 0 Å². The highest BCUT2D eigenvalue weighted by Crippen LogP contribution is 2.21. The van der Waals surface area contributed by atoms with Crippen LogP contribution in [0, 0.1) is 0 Å².